The van der Waals surface area contributed by atoms with E-state index in [2.05, 4.69) is 22.6 Å². The van der Waals surface area contributed by atoms with Crippen LogP contribution in [0.1, 0.15) is 23.2 Å². The Bertz CT molecular complexity index is 447. The van der Waals surface area contributed by atoms with Gasteiger partial charge in [0.2, 0.25) is 0 Å². The van der Waals surface area contributed by atoms with E-state index >= 15 is 0 Å². The van der Waals surface area contributed by atoms with Gasteiger partial charge in [0, 0.05) is 9.13 Å². The van der Waals surface area contributed by atoms with Gasteiger partial charge in [-0.3, -0.25) is 4.79 Å². The summed E-state index contributed by atoms with van der Waals surface area (Å²) in [4.78, 5) is 13.8. The van der Waals surface area contributed by atoms with Crippen LogP contribution < -0.4 is 0 Å². The first-order chi connectivity index (χ1) is 8.08. The summed E-state index contributed by atoms with van der Waals surface area (Å²) in [6.07, 6.45) is 2.23. The first-order valence-corrected chi connectivity index (χ1v) is 6.94. The molecule has 0 atom stereocenters. The van der Waals surface area contributed by atoms with E-state index in [0.29, 0.717) is 24.6 Å². The van der Waals surface area contributed by atoms with Crippen molar-refractivity contribution in [3.63, 3.8) is 0 Å². The van der Waals surface area contributed by atoms with E-state index in [4.69, 9.17) is 0 Å². The molecule has 1 heterocycles. The molecule has 0 unspecified atom stereocenters. The van der Waals surface area contributed by atoms with Crippen molar-refractivity contribution in [2.24, 2.45) is 5.92 Å². The van der Waals surface area contributed by atoms with Crippen LogP contribution in [0.25, 0.3) is 0 Å². The lowest BCUT2D eigenvalue weighted by molar-refractivity contribution is -0.0958. The summed E-state index contributed by atoms with van der Waals surface area (Å²) in [5, 5.41) is 10.2. The number of likely N-dealkylation sites (tertiary alicyclic amines) is 1. The molecule has 1 aliphatic carbocycles. The van der Waals surface area contributed by atoms with Crippen molar-refractivity contribution in [1.29, 1.82) is 0 Å². The Hall–Kier alpha value is -0.620. The molecule has 2 aliphatic rings. The zero-order valence-corrected chi connectivity index (χ0v) is 11.6. The molecule has 0 radical (unpaired) electrons. The van der Waals surface area contributed by atoms with Crippen molar-refractivity contribution in [3.8, 4) is 0 Å². The predicted octanol–water partition coefficient (Wildman–Crippen LogP) is 1.89. The van der Waals surface area contributed by atoms with Crippen molar-refractivity contribution in [2.75, 3.05) is 13.1 Å². The van der Waals surface area contributed by atoms with E-state index in [1.54, 1.807) is 4.90 Å². The van der Waals surface area contributed by atoms with Crippen LogP contribution >= 0.6 is 22.6 Å². The van der Waals surface area contributed by atoms with Crippen LogP contribution in [0.15, 0.2) is 24.3 Å². The minimum absolute atomic E-state index is 0.0340. The molecule has 2 fully saturated rings. The molecule has 0 spiro atoms. The van der Waals surface area contributed by atoms with Gasteiger partial charge in [-0.25, -0.2) is 0 Å². The van der Waals surface area contributed by atoms with E-state index < -0.39 is 5.60 Å². The number of benzene rings is 1. The highest BCUT2D eigenvalue weighted by molar-refractivity contribution is 14.1. The lowest BCUT2D eigenvalue weighted by atomic mass is 9.88. The number of carbonyl (C=O) groups excluding carboxylic acids is 1. The smallest absolute Gasteiger partial charge is 0.254 e. The highest BCUT2D eigenvalue weighted by atomic mass is 127. The molecule has 1 aliphatic heterocycles. The fourth-order valence-electron chi connectivity index (χ4n) is 2.41. The van der Waals surface area contributed by atoms with E-state index in [9.17, 15) is 9.90 Å². The van der Waals surface area contributed by atoms with Crippen LogP contribution in [0.3, 0.4) is 0 Å². The highest BCUT2D eigenvalue weighted by Gasteiger charge is 2.53. The Balaban J connectivity index is 1.66. The van der Waals surface area contributed by atoms with Crippen LogP contribution in [0.4, 0.5) is 0 Å². The van der Waals surface area contributed by atoms with Gasteiger partial charge >= 0.3 is 0 Å². The molecule has 90 valence electrons. The normalized spacial score (nSPS) is 22.1. The van der Waals surface area contributed by atoms with Crippen LogP contribution in [-0.4, -0.2) is 34.6 Å². The van der Waals surface area contributed by atoms with Crippen LogP contribution in [0.5, 0.6) is 0 Å². The van der Waals surface area contributed by atoms with Crippen molar-refractivity contribution < 1.29 is 9.90 Å². The quantitative estimate of drug-likeness (QED) is 0.834. The maximum Gasteiger partial charge on any atom is 0.254 e. The number of aliphatic hydroxyl groups is 1. The van der Waals surface area contributed by atoms with Gasteiger partial charge in [0.1, 0.15) is 5.60 Å². The fourth-order valence-corrected chi connectivity index (χ4v) is 2.77. The molecule has 3 rings (SSSR count). The first kappa shape index (κ1) is 11.5. The van der Waals surface area contributed by atoms with E-state index in [0.717, 1.165) is 16.4 Å². The molecule has 1 aromatic carbocycles. The van der Waals surface area contributed by atoms with Crippen molar-refractivity contribution in [3.05, 3.63) is 33.4 Å². The third-order valence-electron chi connectivity index (χ3n) is 3.64. The third-order valence-corrected chi connectivity index (χ3v) is 4.36. The molecular weight excluding hydrogens is 329 g/mol. The summed E-state index contributed by atoms with van der Waals surface area (Å²) >= 11 is 2.22. The molecule has 1 N–H and O–H groups in total. The molecule has 1 aromatic rings. The van der Waals surface area contributed by atoms with Crippen LogP contribution in [-0.2, 0) is 0 Å². The molecule has 0 aromatic heterocycles. The monoisotopic (exact) mass is 343 g/mol. The largest absolute Gasteiger partial charge is 0.386 e. The minimum atomic E-state index is -0.584. The topological polar surface area (TPSA) is 40.5 Å². The Morgan fingerprint density at radius 3 is 2.41 bits per heavy atom. The van der Waals surface area contributed by atoms with Gasteiger partial charge in [-0.2, -0.15) is 0 Å². The number of carbonyl (C=O) groups is 1. The van der Waals surface area contributed by atoms with E-state index in [1.165, 1.54) is 0 Å². The van der Waals surface area contributed by atoms with Crippen molar-refractivity contribution in [1.82, 2.24) is 4.90 Å². The number of β-amino-alcohol motifs (C(OH)–C–C–N with tert-alkyl or cyclic N) is 1. The lowest BCUT2D eigenvalue weighted by Crippen LogP contribution is -2.64. The first-order valence-electron chi connectivity index (χ1n) is 5.86. The molecule has 0 bridgehead atoms. The highest BCUT2D eigenvalue weighted by Crippen LogP contribution is 2.44. The lowest BCUT2D eigenvalue weighted by Gasteiger charge is -2.47. The number of halogens is 1. The summed E-state index contributed by atoms with van der Waals surface area (Å²) in [6.45, 7) is 1.00. The van der Waals surface area contributed by atoms with Gasteiger partial charge in [0.15, 0.2) is 0 Å². The average molecular weight is 343 g/mol. The molecule has 3 nitrogen and oxygen atoms in total. The summed E-state index contributed by atoms with van der Waals surface area (Å²) in [7, 11) is 0. The van der Waals surface area contributed by atoms with E-state index in [1.807, 2.05) is 24.3 Å². The van der Waals surface area contributed by atoms with Gasteiger partial charge in [0.25, 0.3) is 5.91 Å². The van der Waals surface area contributed by atoms with Gasteiger partial charge in [-0.15, -0.1) is 0 Å². The summed E-state index contributed by atoms with van der Waals surface area (Å²) in [5.41, 5.74) is 0.127. The van der Waals surface area contributed by atoms with E-state index in [-0.39, 0.29) is 5.91 Å². The SMILES string of the molecule is O=C(c1ccc(I)cc1)N1CC(O)(C2CC2)C1. The maximum absolute atomic E-state index is 12.1. The Kier molecular flexibility index (Phi) is 2.66. The third kappa shape index (κ3) is 2.08. The average Bonchev–Trinajstić information content (AvgIpc) is 3.09. The predicted molar refractivity (Wildman–Crippen MR) is 72.7 cm³/mol. The summed E-state index contributed by atoms with van der Waals surface area (Å²) < 4.78 is 1.12. The standard InChI is InChI=1S/C13H14INO2/c14-11-5-1-9(2-6-11)12(16)15-7-13(17,8-15)10-3-4-10/h1-2,5-6,10,17H,3-4,7-8H2. The molecular formula is C13H14INO2. The molecule has 1 amide bonds. The Morgan fingerprint density at radius 2 is 1.88 bits per heavy atom. The number of nitrogens with zero attached hydrogens (tertiary/aromatic N) is 1. The summed E-state index contributed by atoms with van der Waals surface area (Å²) in [6, 6.07) is 7.55. The Labute approximate surface area is 114 Å². The second-order valence-corrected chi connectivity index (χ2v) is 6.29. The van der Waals surface area contributed by atoms with Gasteiger partial charge in [-0.05, 0) is 65.6 Å². The number of rotatable bonds is 2. The summed E-state index contributed by atoms with van der Waals surface area (Å²) in [5.74, 6) is 0.468. The van der Waals surface area contributed by atoms with Crippen LogP contribution in [0.2, 0.25) is 0 Å². The van der Waals surface area contributed by atoms with Crippen molar-refractivity contribution >= 4 is 28.5 Å². The Morgan fingerprint density at radius 1 is 1.29 bits per heavy atom. The van der Waals surface area contributed by atoms with Gasteiger partial charge < -0.3 is 10.0 Å². The minimum Gasteiger partial charge on any atom is -0.386 e. The van der Waals surface area contributed by atoms with Crippen LogP contribution in [0, 0.1) is 9.49 Å². The molecule has 1 saturated heterocycles. The molecule has 1 saturated carbocycles. The maximum atomic E-state index is 12.1. The van der Waals surface area contributed by atoms with Gasteiger partial charge in [-0.1, -0.05) is 0 Å². The second-order valence-electron chi connectivity index (χ2n) is 5.05. The molecule has 17 heavy (non-hydrogen) atoms. The fraction of sp³-hybridized carbons (Fsp3) is 0.462. The zero-order chi connectivity index (χ0) is 12.0. The van der Waals surface area contributed by atoms with Gasteiger partial charge in [0.05, 0.1) is 13.1 Å². The number of hydrogen-bond acceptors (Lipinski definition) is 2. The van der Waals surface area contributed by atoms with Crippen molar-refractivity contribution in [2.45, 2.75) is 18.4 Å². The number of amides is 1. The zero-order valence-electron chi connectivity index (χ0n) is 9.40. The molecule has 4 heteroatoms. The number of hydrogen-bond donors (Lipinski definition) is 1. The second kappa shape index (κ2) is 3.95.